The quantitative estimate of drug-likeness (QED) is 0.570. The zero-order chi connectivity index (χ0) is 11.4. The van der Waals surface area contributed by atoms with Gasteiger partial charge in [-0.1, -0.05) is 0 Å². The summed E-state index contributed by atoms with van der Waals surface area (Å²) in [6.07, 6.45) is 1.59. The van der Waals surface area contributed by atoms with Gasteiger partial charge < -0.3 is 9.47 Å². The third-order valence-electron chi connectivity index (χ3n) is 2.45. The first-order chi connectivity index (χ1) is 7.77. The van der Waals surface area contributed by atoms with Crippen molar-refractivity contribution in [3.63, 3.8) is 0 Å². The van der Waals surface area contributed by atoms with E-state index in [1.54, 1.807) is 12.1 Å². The van der Waals surface area contributed by atoms with E-state index in [1.165, 1.54) is 12.1 Å². The molecule has 1 aromatic rings. The average molecular weight is 223 g/mol. The fraction of sp³-hybridized carbons (Fsp3) is 0.455. The topological polar surface area (TPSA) is 61.6 Å². The molecule has 0 unspecified atom stereocenters. The van der Waals surface area contributed by atoms with Gasteiger partial charge in [-0.2, -0.15) is 0 Å². The molecule has 5 heteroatoms. The fourth-order valence-corrected chi connectivity index (χ4v) is 1.58. The van der Waals surface area contributed by atoms with Crippen molar-refractivity contribution in [2.75, 3.05) is 13.2 Å². The number of hydrogen-bond donors (Lipinski definition) is 0. The van der Waals surface area contributed by atoms with Crippen molar-refractivity contribution in [1.29, 1.82) is 0 Å². The number of nitro groups is 1. The van der Waals surface area contributed by atoms with E-state index in [4.69, 9.17) is 9.47 Å². The van der Waals surface area contributed by atoms with Crippen LogP contribution in [0, 0.1) is 10.1 Å². The highest BCUT2D eigenvalue weighted by Gasteiger charge is 2.16. The van der Waals surface area contributed by atoms with Crippen LogP contribution in [0.1, 0.15) is 24.7 Å². The van der Waals surface area contributed by atoms with Gasteiger partial charge in [0.1, 0.15) is 0 Å². The standard InChI is InChI=1S/C11H13NO4/c13-12(14)10-5-3-9(4-6-10)11-15-7-1-2-8-16-11/h3-6,11H,1-2,7-8H2. The highest BCUT2D eigenvalue weighted by Crippen LogP contribution is 2.24. The van der Waals surface area contributed by atoms with Gasteiger partial charge >= 0.3 is 0 Å². The maximum Gasteiger partial charge on any atom is 0.269 e. The zero-order valence-corrected chi connectivity index (χ0v) is 8.80. The largest absolute Gasteiger partial charge is 0.348 e. The van der Waals surface area contributed by atoms with Crippen molar-refractivity contribution in [1.82, 2.24) is 0 Å². The van der Waals surface area contributed by atoms with Gasteiger partial charge in [-0.25, -0.2) is 0 Å². The molecule has 0 N–H and O–H groups in total. The molecule has 0 amide bonds. The van der Waals surface area contributed by atoms with Crippen LogP contribution >= 0.6 is 0 Å². The highest BCUT2D eigenvalue weighted by atomic mass is 16.7. The van der Waals surface area contributed by atoms with Crippen LogP contribution in [0.3, 0.4) is 0 Å². The molecule has 0 aliphatic carbocycles. The second-order valence-electron chi connectivity index (χ2n) is 3.63. The van der Waals surface area contributed by atoms with E-state index in [-0.39, 0.29) is 12.0 Å². The summed E-state index contributed by atoms with van der Waals surface area (Å²) < 4.78 is 11.0. The van der Waals surface area contributed by atoms with Crippen molar-refractivity contribution in [2.45, 2.75) is 19.1 Å². The van der Waals surface area contributed by atoms with Crippen LogP contribution in [-0.4, -0.2) is 18.1 Å². The number of nitrogens with zero attached hydrogens (tertiary/aromatic N) is 1. The monoisotopic (exact) mass is 223 g/mol. The summed E-state index contributed by atoms with van der Waals surface area (Å²) in [4.78, 5) is 10.1. The summed E-state index contributed by atoms with van der Waals surface area (Å²) in [5.41, 5.74) is 0.907. The minimum Gasteiger partial charge on any atom is -0.348 e. The molecule has 1 heterocycles. The normalized spacial score (nSPS) is 18.0. The van der Waals surface area contributed by atoms with Crippen LogP contribution in [0.15, 0.2) is 24.3 Å². The van der Waals surface area contributed by atoms with Crippen molar-refractivity contribution in [2.24, 2.45) is 0 Å². The average Bonchev–Trinajstić information content (AvgIpc) is 2.57. The number of hydrogen-bond acceptors (Lipinski definition) is 4. The Morgan fingerprint density at radius 1 is 1.12 bits per heavy atom. The van der Waals surface area contributed by atoms with Crippen molar-refractivity contribution >= 4 is 5.69 Å². The first kappa shape index (κ1) is 11.0. The first-order valence-electron chi connectivity index (χ1n) is 5.25. The lowest BCUT2D eigenvalue weighted by Gasteiger charge is -2.15. The van der Waals surface area contributed by atoms with E-state index in [0.717, 1.165) is 18.4 Å². The molecule has 0 aromatic heterocycles. The lowest BCUT2D eigenvalue weighted by Crippen LogP contribution is -2.06. The second-order valence-corrected chi connectivity index (χ2v) is 3.63. The molecule has 2 rings (SSSR count). The van der Waals surface area contributed by atoms with Crippen molar-refractivity contribution in [3.05, 3.63) is 39.9 Å². The molecule has 16 heavy (non-hydrogen) atoms. The fourth-order valence-electron chi connectivity index (χ4n) is 1.58. The Labute approximate surface area is 93.1 Å². The summed E-state index contributed by atoms with van der Waals surface area (Å²) in [5, 5.41) is 10.5. The Bertz CT molecular complexity index is 355. The van der Waals surface area contributed by atoms with Crippen LogP contribution in [-0.2, 0) is 9.47 Å². The van der Waals surface area contributed by atoms with Crippen LogP contribution in [0.5, 0.6) is 0 Å². The summed E-state index contributed by atoms with van der Waals surface area (Å²) in [7, 11) is 0. The van der Waals surface area contributed by atoms with Crippen LogP contribution < -0.4 is 0 Å². The lowest BCUT2D eigenvalue weighted by molar-refractivity contribution is -0.384. The highest BCUT2D eigenvalue weighted by molar-refractivity contribution is 5.33. The van der Waals surface area contributed by atoms with Gasteiger partial charge in [0.05, 0.1) is 18.1 Å². The molecular formula is C11H13NO4. The molecule has 0 spiro atoms. The SMILES string of the molecule is O=[N+]([O-])c1ccc(C2OCCCCO2)cc1. The van der Waals surface area contributed by atoms with Gasteiger partial charge in [0.15, 0.2) is 6.29 Å². The Balaban J connectivity index is 2.10. The number of rotatable bonds is 2. The van der Waals surface area contributed by atoms with Crippen LogP contribution in [0.25, 0.3) is 0 Å². The van der Waals surface area contributed by atoms with E-state index < -0.39 is 4.92 Å². The molecular weight excluding hydrogens is 210 g/mol. The molecule has 5 nitrogen and oxygen atoms in total. The lowest BCUT2D eigenvalue weighted by atomic mass is 10.2. The molecule has 0 radical (unpaired) electrons. The van der Waals surface area contributed by atoms with Gasteiger partial charge in [0.25, 0.3) is 5.69 Å². The second kappa shape index (κ2) is 5.05. The third-order valence-corrected chi connectivity index (χ3v) is 2.45. The molecule has 1 aliphatic heterocycles. The van der Waals surface area contributed by atoms with E-state index in [0.29, 0.717) is 13.2 Å². The molecule has 1 fully saturated rings. The van der Waals surface area contributed by atoms with Crippen molar-refractivity contribution < 1.29 is 14.4 Å². The van der Waals surface area contributed by atoms with Gasteiger partial charge in [-0.15, -0.1) is 0 Å². The maximum absolute atomic E-state index is 10.5. The Kier molecular flexibility index (Phi) is 3.48. The first-order valence-corrected chi connectivity index (χ1v) is 5.25. The van der Waals surface area contributed by atoms with Gasteiger partial charge in [0.2, 0.25) is 0 Å². The summed E-state index contributed by atoms with van der Waals surface area (Å²) in [6, 6.07) is 6.28. The van der Waals surface area contributed by atoms with E-state index in [2.05, 4.69) is 0 Å². The van der Waals surface area contributed by atoms with E-state index in [9.17, 15) is 10.1 Å². The molecule has 0 saturated carbocycles. The predicted molar refractivity (Wildman–Crippen MR) is 57.0 cm³/mol. The number of ether oxygens (including phenoxy) is 2. The van der Waals surface area contributed by atoms with Crippen molar-refractivity contribution in [3.8, 4) is 0 Å². The number of nitro benzene ring substituents is 1. The Morgan fingerprint density at radius 3 is 2.19 bits per heavy atom. The van der Waals surface area contributed by atoms with Gasteiger partial charge in [0, 0.05) is 17.7 Å². The maximum atomic E-state index is 10.5. The molecule has 86 valence electrons. The zero-order valence-electron chi connectivity index (χ0n) is 8.80. The minimum absolute atomic E-state index is 0.0809. The molecule has 0 bridgehead atoms. The Morgan fingerprint density at radius 2 is 1.69 bits per heavy atom. The minimum atomic E-state index is -0.418. The third kappa shape index (κ3) is 2.56. The van der Waals surface area contributed by atoms with Crippen LogP contribution in [0.4, 0.5) is 5.69 Å². The number of benzene rings is 1. The Hall–Kier alpha value is -1.46. The van der Waals surface area contributed by atoms with E-state index >= 15 is 0 Å². The molecule has 1 aromatic carbocycles. The molecule has 0 atom stereocenters. The van der Waals surface area contributed by atoms with Crippen LogP contribution in [0.2, 0.25) is 0 Å². The van der Waals surface area contributed by atoms with Gasteiger partial charge in [-0.05, 0) is 25.0 Å². The summed E-state index contributed by atoms with van der Waals surface area (Å²) in [5.74, 6) is 0. The molecule has 1 saturated heterocycles. The molecule has 1 aliphatic rings. The van der Waals surface area contributed by atoms with E-state index in [1.807, 2.05) is 0 Å². The smallest absolute Gasteiger partial charge is 0.269 e. The summed E-state index contributed by atoms with van der Waals surface area (Å²) in [6.45, 7) is 1.34. The van der Waals surface area contributed by atoms with Gasteiger partial charge in [-0.3, -0.25) is 10.1 Å². The summed E-state index contributed by atoms with van der Waals surface area (Å²) >= 11 is 0. The number of non-ortho nitro benzene ring substituents is 1. The predicted octanol–water partition coefficient (Wildman–Crippen LogP) is 2.42.